The van der Waals surface area contributed by atoms with Gasteiger partial charge in [-0.15, -0.1) is 0 Å². The van der Waals surface area contributed by atoms with E-state index < -0.39 is 0 Å². The highest BCUT2D eigenvalue weighted by atomic mass is 15.1. The molecule has 0 saturated carbocycles. The molecular weight excluding hydrogens is 192 g/mol. The van der Waals surface area contributed by atoms with Gasteiger partial charge < -0.3 is 15.6 Å². The molecule has 0 fully saturated rings. The molecule has 0 spiro atoms. The molecule has 78 valence electrons. The zero-order valence-electron chi connectivity index (χ0n) is 8.17. The lowest BCUT2D eigenvalue weighted by atomic mass is 10.5. The van der Waals surface area contributed by atoms with Gasteiger partial charge in [-0.3, -0.25) is 0 Å². The highest BCUT2D eigenvalue weighted by Crippen LogP contribution is 2.00. The fourth-order valence-corrected chi connectivity index (χ4v) is 1.17. The van der Waals surface area contributed by atoms with Gasteiger partial charge in [0.2, 0.25) is 5.95 Å². The number of anilines is 2. The Bertz CT molecular complexity index is 410. The molecule has 0 bridgehead atoms. The van der Waals surface area contributed by atoms with Crippen LogP contribution in [0.3, 0.4) is 0 Å². The maximum absolute atomic E-state index is 5.52. The largest absolute Gasteiger partial charge is 0.384 e. The number of rotatable bonds is 4. The Morgan fingerprint density at radius 2 is 2.33 bits per heavy atom. The Labute approximate surface area is 87.2 Å². The Hall–Kier alpha value is -2.11. The summed E-state index contributed by atoms with van der Waals surface area (Å²) in [5.74, 6) is 1.02. The summed E-state index contributed by atoms with van der Waals surface area (Å²) in [7, 11) is 0. The van der Waals surface area contributed by atoms with Gasteiger partial charge >= 0.3 is 0 Å². The third-order valence-corrected chi connectivity index (χ3v) is 1.89. The van der Waals surface area contributed by atoms with Gasteiger partial charge in [-0.25, -0.2) is 9.97 Å². The van der Waals surface area contributed by atoms with Crippen LogP contribution in [-0.4, -0.2) is 26.1 Å². The summed E-state index contributed by atoms with van der Waals surface area (Å²) in [4.78, 5) is 12.0. The highest BCUT2D eigenvalue weighted by molar-refractivity contribution is 5.34. The number of nitrogens with zero attached hydrogens (tertiary/aromatic N) is 4. The Morgan fingerprint density at radius 3 is 3.07 bits per heavy atom. The molecule has 0 unspecified atom stereocenters. The Kier molecular flexibility index (Phi) is 2.77. The van der Waals surface area contributed by atoms with Crippen LogP contribution < -0.4 is 11.1 Å². The van der Waals surface area contributed by atoms with Crippen molar-refractivity contribution < 1.29 is 0 Å². The molecule has 0 aliphatic rings. The van der Waals surface area contributed by atoms with Gasteiger partial charge in [0, 0.05) is 31.7 Å². The van der Waals surface area contributed by atoms with Crippen LogP contribution in [0, 0.1) is 0 Å². The van der Waals surface area contributed by atoms with E-state index >= 15 is 0 Å². The van der Waals surface area contributed by atoms with Crippen molar-refractivity contribution in [1.29, 1.82) is 0 Å². The van der Waals surface area contributed by atoms with Gasteiger partial charge in [0.15, 0.2) is 0 Å². The molecule has 2 rings (SSSR count). The number of nitrogens with one attached hydrogen (secondary N) is 1. The van der Waals surface area contributed by atoms with E-state index in [1.165, 1.54) is 0 Å². The van der Waals surface area contributed by atoms with Gasteiger partial charge in [0.05, 0.1) is 6.33 Å². The molecule has 0 saturated heterocycles. The summed E-state index contributed by atoms with van der Waals surface area (Å²) in [5.41, 5.74) is 5.52. The Balaban J connectivity index is 1.83. The van der Waals surface area contributed by atoms with Crippen molar-refractivity contribution in [3.8, 4) is 0 Å². The van der Waals surface area contributed by atoms with Crippen LogP contribution in [0.2, 0.25) is 0 Å². The number of aromatic nitrogens is 4. The van der Waals surface area contributed by atoms with Gasteiger partial charge in [0.1, 0.15) is 5.82 Å². The van der Waals surface area contributed by atoms with Crippen LogP contribution in [0.1, 0.15) is 0 Å². The van der Waals surface area contributed by atoms with E-state index in [0.717, 1.165) is 13.1 Å². The maximum Gasteiger partial charge on any atom is 0.224 e. The summed E-state index contributed by atoms with van der Waals surface area (Å²) < 4.78 is 1.97. The SMILES string of the molecule is Nc1ccnc(NCCn2ccnc2)n1. The zero-order chi connectivity index (χ0) is 10.5. The van der Waals surface area contributed by atoms with Gasteiger partial charge in [-0.1, -0.05) is 0 Å². The quantitative estimate of drug-likeness (QED) is 0.751. The van der Waals surface area contributed by atoms with Crippen molar-refractivity contribution >= 4 is 11.8 Å². The molecule has 15 heavy (non-hydrogen) atoms. The smallest absolute Gasteiger partial charge is 0.224 e. The first kappa shape index (κ1) is 9.45. The van der Waals surface area contributed by atoms with Crippen molar-refractivity contribution in [3.05, 3.63) is 31.0 Å². The van der Waals surface area contributed by atoms with Crippen molar-refractivity contribution in [3.63, 3.8) is 0 Å². The van der Waals surface area contributed by atoms with Crippen molar-refractivity contribution in [2.75, 3.05) is 17.6 Å². The van der Waals surface area contributed by atoms with E-state index in [9.17, 15) is 0 Å². The number of imidazole rings is 1. The fourth-order valence-electron chi connectivity index (χ4n) is 1.17. The molecule has 0 radical (unpaired) electrons. The van der Waals surface area contributed by atoms with E-state index in [1.54, 1.807) is 24.8 Å². The normalized spacial score (nSPS) is 10.1. The average Bonchev–Trinajstić information content (AvgIpc) is 2.71. The van der Waals surface area contributed by atoms with Crippen molar-refractivity contribution in [2.24, 2.45) is 0 Å². The molecule has 0 aliphatic carbocycles. The van der Waals surface area contributed by atoms with Crippen LogP contribution in [0.4, 0.5) is 11.8 Å². The standard InChI is InChI=1S/C9H12N6/c10-8-1-2-12-9(14-8)13-4-6-15-5-3-11-7-15/h1-3,5,7H,4,6H2,(H3,10,12,13,14). The first-order chi connectivity index (χ1) is 7.34. The second-order valence-corrected chi connectivity index (χ2v) is 3.03. The molecule has 2 aromatic heterocycles. The van der Waals surface area contributed by atoms with Crippen LogP contribution in [0.5, 0.6) is 0 Å². The third-order valence-electron chi connectivity index (χ3n) is 1.89. The first-order valence-corrected chi connectivity index (χ1v) is 4.63. The first-order valence-electron chi connectivity index (χ1n) is 4.63. The number of nitrogens with two attached hydrogens (primary N) is 1. The predicted molar refractivity (Wildman–Crippen MR) is 57.2 cm³/mol. The molecule has 0 amide bonds. The molecule has 3 N–H and O–H groups in total. The maximum atomic E-state index is 5.52. The number of hydrogen-bond acceptors (Lipinski definition) is 5. The molecule has 0 aliphatic heterocycles. The van der Waals surface area contributed by atoms with Crippen LogP contribution in [-0.2, 0) is 6.54 Å². The summed E-state index contributed by atoms with van der Waals surface area (Å²) >= 11 is 0. The molecule has 2 aromatic rings. The van der Waals surface area contributed by atoms with Crippen molar-refractivity contribution in [2.45, 2.75) is 6.54 Å². The summed E-state index contributed by atoms with van der Waals surface area (Å²) in [5, 5.41) is 3.07. The van der Waals surface area contributed by atoms with Crippen LogP contribution >= 0.6 is 0 Å². The lowest BCUT2D eigenvalue weighted by Crippen LogP contribution is -2.11. The molecule has 2 heterocycles. The van der Waals surface area contributed by atoms with E-state index in [-0.39, 0.29) is 0 Å². The van der Waals surface area contributed by atoms with Crippen molar-refractivity contribution in [1.82, 2.24) is 19.5 Å². The van der Waals surface area contributed by atoms with Crippen LogP contribution in [0.25, 0.3) is 0 Å². The van der Waals surface area contributed by atoms with E-state index in [0.29, 0.717) is 11.8 Å². The highest BCUT2D eigenvalue weighted by Gasteiger charge is 1.95. The lowest BCUT2D eigenvalue weighted by Gasteiger charge is -2.05. The minimum atomic E-state index is 0.468. The second-order valence-electron chi connectivity index (χ2n) is 3.03. The van der Waals surface area contributed by atoms with Gasteiger partial charge in [0.25, 0.3) is 0 Å². The van der Waals surface area contributed by atoms with E-state index in [1.807, 2.05) is 10.8 Å². The predicted octanol–water partition coefficient (Wildman–Crippen LogP) is 0.367. The van der Waals surface area contributed by atoms with Gasteiger partial charge in [-0.2, -0.15) is 4.98 Å². The van der Waals surface area contributed by atoms with E-state index in [4.69, 9.17) is 5.73 Å². The van der Waals surface area contributed by atoms with Gasteiger partial charge in [-0.05, 0) is 6.07 Å². The third kappa shape index (κ3) is 2.67. The fraction of sp³-hybridized carbons (Fsp3) is 0.222. The molecule has 6 heteroatoms. The minimum absolute atomic E-state index is 0.468. The Morgan fingerprint density at radius 1 is 1.40 bits per heavy atom. The molecule has 0 aromatic carbocycles. The monoisotopic (exact) mass is 204 g/mol. The summed E-state index contributed by atoms with van der Waals surface area (Å²) in [6.45, 7) is 1.55. The number of hydrogen-bond donors (Lipinski definition) is 2. The minimum Gasteiger partial charge on any atom is -0.384 e. The lowest BCUT2D eigenvalue weighted by molar-refractivity contribution is 0.723. The van der Waals surface area contributed by atoms with E-state index in [2.05, 4.69) is 20.3 Å². The number of nitrogen functional groups attached to an aromatic ring is 1. The molecular formula is C9H12N6. The topological polar surface area (TPSA) is 81.6 Å². The average molecular weight is 204 g/mol. The molecule has 6 nitrogen and oxygen atoms in total. The zero-order valence-corrected chi connectivity index (χ0v) is 8.17. The summed E-state index contributed by atoms with van der Waals surface area (Å²) in [6, 6.07) is 1.65. The summed E-state index contributed by atoms with van der Waals surface area (Å²) in [6.07, 6.45) is 7.04. The molecule has 0 atom stereocenters. The van der Waals surface area contributed by atoms with Crippen LogP contribution in [0.15, 0.2) is 31.0 Å². The second kappa shape index (κ2) is 4.41.